The molecule has 6 amide bonds. The predicted octanol–water partition coefficient (Wildman–Crippen LogP) is 1.57. The Labute approximate surface area is 156 Å². The van der Waals surface area contributed by atoms with Gasteiger partial charge < -0.3 is 5.32 Å². The monoisotopic (exact) mass is 466 g/mol. The summed E-state index contributed by atoms with van der Waals surface area (Å²) in [6, 6.07) is -2.05. The molecule has 2 fully saturated rings. The summed E-state index contributed by atoms with van der Waals surface area (Å²) in [5.41, 5.74) is -1.51. The van der Waals surface area contributed by atoms with Crippen molar-refractivity contribution in [2.75, 3.05) is 10.7 Å². The van der Waals surface area contributed by atoms with Gasteiger partial charge in [-0.25, -0.2) is 9.59 Å². The number of unbranched alkanes of at least 4 members (excludes halogenated alkanes) is 2. The number of nitrogens with one attached hydrogen (secondary N) is 3. The smallest absolute Gasteiger partial charge is 0.307 e. The summed E-state index contributed by atoms with van der Waals surface area (Å²) in [7, 11) is 0. The zero-order valence-electron chi connectivity index (χ0n) is 13.1. The van der Waals surface area contributed by atoms with Crippen LogP contribution < -0.4 is 16.0 Å². The zero-order chi connectivity index (χ0) is 17.7. The number of hydrogen-bond acceptors (Lipinski definition) is 4. The number of nitrogens with zero attached hydrogens (tertiary/aromatic N) is 1. The molecule has 134 valence electrons. The van der Waals surface area contributed by atoms with Gasteiger partial charge in [-0.3, -0.25) is 25.1 Å². The van der Waals surface area contributed by atoms with E-state index in [0.717, 1.165) is 29.9 Å². The van der Waals surface area contributed by atoms with Gasteiger partial charge in [-0.2, -0.15) is 0 Å². The number of halogens is 2. The third kappa shape index (κ3) is 3.74. The van der Waals surface area contributed by atoms with Crippen molar-refractivity contribution in [1.82, 2.24) is 20.9 Å². The minimum atomic E-state index is -1.51. The summed E-state index contributed by atoms with van der Waals surface area (Å²) >= 11 is 6.65. The maximum atomic E-state index is 12.5. The van der Waals surface area contributed by atoms with Gasteiger partial charge in [0.15, 0.2) is 5.66 Å². The quantitative estimate of drug-likeness (QED) is 0.271. The van der Waals surface area contributed by atoms with Gasteiger partial charge in [0, 0.05) is 10.7 Å². The van der Waals surface area contributed by atoms with Gasteiger partial charge in [0.05, 0.1) is 0 Å². The van der Waals surface area contributed by atoms with Crippen LogP contribution in [0.3, 0.4) is 0 Å². The van der Waals surface area contributed by atoms with Crippen molar-refractivity contribution in [1.29, 1.82) is 0 Å². The highest BCUT2D eigenvalue weighted by Gasteiger charge is 2.58. The van der Waals surface area contributed by atoms with Gasteiger partial charge in [0.25, 0.3) is 11.8 Å². The first-order chi connectivity index (χ1) is 11.5. The number of carbonyl (C=O) groups excluding carboxylic acids is 4. The number of alkyl halides is 2. The highest BCUT2D eigenvalue weighted by molar-refractivity contribution is 9.09. The molecule has 2 aliphatic heterocycles. The summed E-state index contributed by atoms with van der Waals surface area (Å²) in [6.07, 6.45) is 3.66. The lowest BCUT2D eigenvalue weighted by molar-refractivity contribution is -0.132. The van der Waals surface area contributed by atoms with E-state index in [1.807, 2.05) is 0 Å². The molecule has 0 bridgehead atoms. The van der Waals surface area contributed by atoms with Crippen molar-refractivity contribution in [2.45, 2.75) is 50.2 Å². The molecule has 2 rings (SSSR count). The van der Waals surface area contributed by atoms with E-state index in [-0.39, 0.29) is 6.42 Å². The SMILES string of the molecule is O=C1NC(=O)C(CCCCBr)(N2C(=O)NC(=O)C2CCCCBr)N1. The van der Waals surface area contributed by atoms with E-state index < -0.39 is 35.6 Å². The minimum Gasteiger partial charge on any atom is -0.307 e. The molecule has 0 aromatic rings. The van der Waals surface area contributed by atoms with Gasteiger partial charge in [-0.05, 0) is 32.1 Å². The Hall–Kier alpha value is -1.16. The highest BCUT2D eigenvalue weighted by atomic mass is 79.9. The zero-order valence-corrected chi connectivity index (χ0v) is 16.2. The summed E-state index contributed by atoms with van der Waals surface area (Å²) in [4.78, 5) is 49.9. The summed E-state index contributed by atoms with van der Waals surface area (Å²) in [6.45, 7) is 0. The Morgan fingerprint density at radius 1 is 0.958 bits per heavy atom. The Kier molecular flexibility index (Phi) is 6.62. The van der Waals surface area contributed by atoms with Crippen LogP contribution in [0.25, 0.3) is 0 Å². The lowest BCUT2D eigenvalue weighted by Gasteiger charge is -2.37. The first kappa shape index (κ1) is 19.2. The second-order valence-electron chi connectivity index (χ2n) is 5.78. The summed E-state index contributed by atoms with van der Waals surface area (Å²) in [5.74, 6) is -1.01. The maximum Gasteiger partial charge on any atom is 0.327 e. The van der Waals surface area contributed by atoms with E-state index in [1.54, 1.807) is 0 Å². The van der Waals surface area contributed by atoms with Gasteiger partial charge in [-0.15, -0.1) is 0 Å². The van der Waals surface area contributed by atoms with E-state index in [0.29, 0.717) is 12.8 Å². The average Bonchev–Trinajstić information content (AvgIpc) is 2.96. The van der Waals surface area contributed by atoms with Crippen molar-refractivity contribution in [2.24, 2.45) is 0 Å². The molecular weight excluding hydrogens is 448 g/mol. The molecule has 0 aliphatic carbocycles. The van der Waals surface area contributed by atoms with Crippen LogP contribution in [0.2, 0.25) is 0 Å². The topological polar surface area (TPSA) is 108 Å². The third-order valence-electron chi connectivity index (χ3n) is 4.18. The molecule has 2 unspecified atom stereocenters. The van der Waals surface area contributed by atoms with Crippen molar-refractivity contribution >= 4 is 55.7 Å². The molecular formula is C14H20Br2N4O4. The van der Waals surface area contributed by atoms with E-state index >= 15 is 0 Å². The molecule has 0 aromatic heterocycles. The van der Waals surface area contributed by atoms with Crippen LogP contribution in [0.15, 0.2) is 0 Å². The summed E-state index contributed by atoms with van der Waals surface area (Å²) in [5, 5.41) is 8.58. The summed E-state index contributed by atoms with van der Waals surface area (Å²) < 4.78 is 0. The van der Waals surface area contributed by atoms with Crippen LogP contribution in [-0.4, -0.2) is 51.1 Å². The van der Waals surface area contributed by atoms with Crippen LogP contribution in [0.4, 0.5) is 9.59 Å². The number of imide groups is 2. The van der Waals surface area contributed by atoms with Crippen LogP contribution in [0.5, 0.6) is 0 Å². The average molecular weight is 468 g/mol. The fourth-order valence-electron chi connectivity index (χ4n) is 3.06. The van der Waals surface area contributed by atoms with Crippen LogP contribution in [0.1, 0.15) is 38.5 Å². The molecule has 2 heterocycles. The van der Waals surface area contributed by atoms with Gasteiger partial charge in [0.2, 0.25) is 0 Å². The maximum absolute atomic E-state index is 12.5. The second-order valence-corrected chi connectivity index (χ2v) is 7.37. The largest absolute Gasteiger partial charge is 0.327 e. The number of amides is 6. The van der Waals surface area contributed by atoms with Crippen molar-refractivity contribution in [3.8, 4) is 0 Å². The van der Waals surface area contributed by atoms with Crippen LogP contribution in [-0.2, 0) is 9.59 Å². The predicted molar refractivity (Wildman–Crippen MR) is 93.9 cm³/mol. The molecule has 0 aromatic carbocycles. The lowest BCUT2D eigenvalue weighted by atomic mass is 9.97. The van der Waals surface area contributed by atoms with Crippen LogP contribution in [0, 0.1) is 0 Å². The molecule has 2 atom stereocenters. The first-order valence-corrected chi connectivity index (χ1v) is 10.1. The molecule has 0 saturated carbocycles. The molecule has 0 radical (unpaired) electrons. The van der Waals surface area contributed by atoms with Gasteiger partial charge in [-0.1, -0.05) is 38.3 Å². The molecule has 0 spiro atoms. The molecule has 3 N–H and O–H groups in total. The Morgan fingerprint density at radius 2 is 1.62 bits per heavy atom. The van der Waals surface area contributed by atoms with Crippen LogP contribution >= 0.6 is 31.9 Å². The molecule has 10 heteroatoms. The molecule has 24 heavy (non-hydrogen) atoms. The van der Waals surface area contributed by atoms with E-state index in [9.17, 15) is 19.2 Å². The Morgan fingerprint density at radius 3 is 2.21 bits per heavy atom. The Balaban J connectivity index is 2.28. The van der Waals surface area contributed by atoms with E-state index in [4.69, 9.17) is 0 Å². The van der Waals surface area contributed by atoms with Crippen molar-refractivity contribution < 1.29 is 19.2 Å². The number of urea groups is 2. The number of hydrogen-bond donors (Lipinski definition) is 3. The normalized spacial score (nSPS) is 26.6. The van der Waals surface area contributed by atoms with Crippen molar-refractivity contribution in [3.63, 3.8) is 0 Å². The molecule has 2 aliphatic rings. The van der Waals surface area contributed by atoms with E-state index in [2.05, 4.69) is 47.8 Å². The Bertz CT molecular complexity index is 545. The fourth-order valence-corrected chi connectivity index (χ4v) is 3.86. The lowest BCUT2D eigenvalue weighted by Crippen LogP contribution is -2.64. The number of carbonyl (C=O) groups is 4. The molecule has 2 saturated heterocycles. The van der Waals surface area contributed by atoms with Gasteiger partial charge >= 0.3 is 12.1 Å². The number of rotatable bonds is 9. The standard InChI is InChI=1S/C14H20Br2N4O4/c15-7-3-1-5-9-10(21)17-13(24)20(9)14(6-2-4-8-16)11(22)18-12(23)19-14/h9H,1-8H2,(H,17,21,24)(H2,18,19,22,23). The van der Waals surface area contributed by atoms with Gasteiger partial charge in [0.1, 0.15) is 6.04 Å². The van der Waals surface area contributed by atoms with E-state index in [1.165, 1.54) is 4.90 Å². The van der Waals surface area contributed by atoms with Crippen molar-refractivity contribution in [3.05, 3.63) is 0 Å². The highest BCUT2D eigenvalue weighted by Crippen LogP contribution is 2.30. The minimum absolute atomic E-state index is 0.256. The third-order valence-corrected chi connectivity index (χ3v) is 5.30. The molecule has 8 nitrogen and oxygen atoms in total. The first-order valence-electron chi connectivity index (χ1n) is 7.86. The fraction of sp³-hybridized carbons (Fsp3) is 0.714. The second kappa shape index (κ2) is 8.28.